The van der Waals surface area contributed by atoms with E-state index in [0.717, 1.165) is 28.4 Å². The molecule has 2 N–H and O–H groups in total. The third kappa shape index (κ3) is 4.53. The molecule has 0 fully saturated rings. The summed E-state index contributed by atoms with van der Waals surface area (Å²) in [6.45, 7) is 2.40. The number of nitrogens with one attached hydrogen (secondary N) is 2. The van der Waals surface area contributed by atoms with E-state index in [1.54, 1.807) is 7.11 Å². The van der Waals surface area contributed by atoms with Crippen LogP contribution in [0.1, 0.15) is 31.6 Å². The van der Waals surface area contributed by atoms with E-state index in [4.69, 9.17) is 9.47 Å². The molecule has 0 saturated heterocycles. The van der Waals surface area contributed by atoms with Crippen LogP contribution in [0.4, 0.5) is 0 Å². The molecule has 3 aromatic rings. The maximum atomic E-state index is 12.1. The van der Waals surface area contributed by atoms with Gasteiger partial charge in [-0.3, -0.25) is 4.79 Å². The molecular weight excluding hydrogens is 330 g/mol. The highest BCUT2D eigenvalue weighted by atomic mass is 16.5. The second kappa shape index (κ2) is 8.38. The van der Waals surface area contributed by atoms with E-state index in [1.165, 1.54) is 0 Å². The van der Waals surface area contributed by atoms with Crippen molar-refractivity contribution >= 4 is 16.9 Å². The smallest absolute Gasteiger partial charge is 0.220 e. The van der Waals surface area contributed by atoms with Crippen molar-refractivity contribution in [1.82, 2.24) is 15.3 Å². The number of carbonyl (C=O) groups excluding carboxylic acids is 1. The normalized spacial score (nSPS) is 11.9. The Morgan fingerprint density at radius 3 is 2.62 bits per heavy atom. The van der Waals surface area contributed by atoms with E-state index >= 15 is 0 Å². The van der Waals surface area contributed by atoms with Gasteiger partial charge in [-0.05, 0) is 49.7 Å². The maximum absolute atomic E-state index is 12.1. The third-order valence-corrected chi connectivity index (χ3v) is 4.07. The van der Waals surface area contributed by atoms with Crippen LogP contribution in [0.25, 0.3) is 11.0 Å². The summed E-state index contributed by atoms with van der Waals surface area (Å²) in [4.78, 5) is 19.9. The maximum Gasteiger partial charge on any atom is 0.220 e. The lowest BCUT2D eigenvalue weighted by Crippen LogP contribution is -2.27. The predicted octanol–water partition coefficient (Wildman–Crippen LogP) is 3.61. The van der Waals surface area contributed by atoms with Gasteiger partial charge in [-0.2, -0.15) is 0 Å². The first-order valence-electron chi connectivity index (χ1n) is 8.66. The zero-order valence-corrected chi connectivity index (χ0v) is 15.0. The fourth-order valence-electron chi connectivity index (χ4n) is 2.65. The summed E-state index contributed by atoms with van der Waals surface area (Å²) >= 11 is 0. The number of nitrogens with zero attached hydrogens (tertiary/aromatic N) is 1. The molecule has 0 aliphatic carbocycles. The van der Waals surface area contributed by atoms with Crippen molar-refractivity contribution in [3.8, 4) is 11.5 Å². The van der Waals surface area contributed by atoms with Gasteiger partial charge in [-0.15, -0.1) is 0 Å². The van der Waals surface area contributed by atoms with Crippen LogP contribution in [0.5, 0.6) is 11.5 Å². The molecule has 3 rings (SSSR count). The monoisotopic (exact) mass is 353 g/mol. The summed E-state index contributed by atoms with van der Waals surface area (Å²) in [5.41, 5.74) is 1.87. The molecule has 0 spiro atoms. The van der Waals surface area contributed by atoms with Crippen LogP contribution in [-0.2, 0) is 4.79 Å². The van der Waals surface area contributed by atoms with Crippen molar-refractivity contribution in [3.63, 3.8) is 0 Å². The van der Waals surface area contributed by atoms with Crippen LogP contribution in [-0.4, -0.2) is 29.6 Å². The van der Waals surface area contributed by atoms with Crippen molar-refractivity contribution in [1.29, 1.82) is 0 Å². The van der Waals surface area contributed by atoms with Crippen LogP contribution in [0, 0.1) is 0 Å². The molecule has 0 radical (unpaired) electrons. The number of hydrogen-bond acceptors (Lipinski definition) is 4. The van der Waals surface area contributed by atoms with E-state index in [9.17, 15) is 4.79 Å². The van der Waals surface area contributed by atoms with Gasteiger partial charge in [0.1, 0.15) is 17.3 Å². The Hall–Kier alpha value is -3.02. The second-order valence-corrected chi connectivity index (χ2v) is 6.06. The first-order chi connectivity index (χ1) is 12.7. The molecule has 1 heterocycles. The average Bonchev–Trinajstić information content (AvgIpc) is 3.10. The van der Waals surface area contributed by atoms with Gasteiger partial charge in [0.25, 0.3) is 0 Å². The van der Waals surface area contributed by atoms with Gasteiger partial charge in [0, 0.05) is 6.42 Å². The summed E-state index contributed by atoms with van der Waals surface area (Å²) < 4.78 is 10.7. The van der Waals surface area contributed by atoms with Gasteiger partial charge in [0.2, 0.25) is 5.91 Å². The number of aromatic nitrogens is 2. The highest BCUT2D eigenvalue weighted by molar-refractivity contribution is 5.77. The van der Waals surface area contributed by atoms with Gasteiger partial charge >= 0.3 is 0 Å². The quantitative estimate of drug-likeness (QED) is 0.607. The minimum absolute atomic E-state index is 0.0173. The Bertz CT molecular complexity index is 825. The lowest BCUT2D eigenvalue weighted by molar-refractivity contribution is -0.122. The molecule has 6 nitrogen and oxygen atoms in total. The van der Waals surface area contributed by atoms with Crippen LogP contribution in [0.15, 0.2) is 48.5 Å². The molecule has 1 atom stereocenters. The van der Waals surface area contributed by atoms with Crippen LogP contribution in [0.2, 0.25) is 0 Å². The van der Waals surface area contributed by atoms with Crippen molar-refractivity contribution in [2.75, 3.05) is 13.7 Å². The number of amides is 1. The summed E-state index contributed by atoms with van der Waals surface area (Å²) in [6, 6.07) is 15.0. The number of benzene rings is 2. The van der Waals surface area contributed by atoms with Crippen molar-refractivity contribution in [2.24, 2.45) is 0 Å². The fourth-order valence-corrected chi connectivity index (χ4v) is 2.65. The standard InChI is InChI=1S/C20H23N3O3/c1-14(20-22-17-6-3-4-7-18(17)23-20)21-19(24)8-5-13-26-16-11-9-15(25-2)10-12-16/h3-4,6-7,9-12,14H,5,8,13H2,1-2H3,(H,21,24)(H,22,23)/t14-/m0/s1. The van der Waals surface area contributed by atoms with Crippen LogP contribution < -0.4 is 14.8 Å². The Morgan fingerprint density at radius 2 is 1.88 bits per heavy atom. The zero-order chi connectivity index (χ0) is 18.4. The number of hydrogen-bond donors (Lipinski definition) is 2. The third-order valence-electron chi connectivity index (χ3n) is 4.07. The highest BCUT2D eigenvalue weighted by Crippen LogP contribution is 2.18. The Kier molecular flexibility index (Phi) is 5.73. The summed E-state index contributed by atoms with van der Waals surface area (Å²) in [6.07, 6.45) is 1.05. The minimum atomic E-state index is -0.169. The first kappa shape index (κ1) is 17.8. The number of carbonyl (C=O) groups is 1. The van der Waals surface area contributed by atoms with Crippen molar-refractivity contribution in [3.05, 3.63) is 54.4 Å². The van der Waals surface area contributed by atoms with E-state index < -0.39 is 0 Å². The van der Waals surface area contributed by atoms with E-state index in [1.807, 2.05) is 55.5 Å². The second-order valence-electron chi connectivity index (χ2n) is 6.06. The Balaban J connectivity index is 1.41. The Morgan fingerprint density at radius 1 is 1.15 bits per heavy atom. The SMILES string of the molecule is COc1ccc(OCCCC(=O)N[C@@H](C)c2nc3ccccc3[nH]2)cc1. The zero-order valence-electron chi connectivity index (χ0n) is 15.0. The minimum Gasteiger partial charge on any atom is -0.497 e. The van der Waals surface area contributed by atoms with E-state index in [-0.39, 0.29) is 11.9 Å². The number of methoxy groups -OCH3 is 1. The molecule has 2 aromatic carbocycles. The van der Waals surface area contributed by atoms with Crippen LogP contribution in [0.3, 0.4) is 0 Å². The van der Waals surface area contributed by atoms with Gasteiger partial charge in [-0.25, -0.2) is 4.98 Å². The molecule has 6 heteroatoms. The Labute approximate surface area is 152 Å². The summed E-state index contributed by atoms with van der Waals surface area (Å²) in [7, 11) is 1.63. The number of imidazole rings is 1. The van der Waals surface area contributed by atoms with Gasteiger partial charge in [-0.1, -0.05) is 12.1 Å². The van der Waals surface area contributed by atoms with Crippen molar-refractivity contribution < 1.29 is 14.3 Å². The average molecular weight is 353 g/mol. The predicted molar refractivity (Wildman–Crippen MR) is 100 cm³/mol. The highest BCUT2D eigenvalue weighted by Gasteiger charge is 2.13. The molecule has 1 amide bonds. The molecule has 136 valence electrons. The number of H-pyrrole nitrogens is 1. The van der Waals surface area contributed by atoms with Gasteiger partial charge in [0.15, 0.2) is 0 Å². The lowest BCUT2D eigenvalue weighted by Gasteiger charge is -2.11. The molecule has 0 bridgehead atoms. The molecular formula is C20H23N3O3. The number of rotatable bonds is 8. The molecule has 0 unspecified atom stereocenters. The van der Waals surface area contributed by atoms with E-state index in [2.05, 4.69) is 15.3 Å². The largest absolute Gasteiger partial charge is 0.497 e. The summed E-state index contributed by atoms with van der Waals surface area (Å²) in [5, 5.41) is 2.97. The number of para-hydroxylation sites is 2. The number of aromatic amines is 1. The molecule has 0 aliphatic rings. The number of fused-ring (bicyclic) bond motifs is 1. The molecule has 0 saturated carbocycles. The molecule has 1 aromatic heterocycles. The van der Waals surface area contributed by atoms with Gasteiger partial charge in [0.05, 0.1) is 30.8 Å². The first-order valence-corrected chi connectivity index (χ1v) is 8.66. The van der Waals surface area contributed by atoms with E-state index in [0.29, 0.717) is 19.4 Å². The van der Waals surface area contributed by atoms with Crippen LogP contribution >= 0.6 is 0 Å². The topological polar surface area (TPSA) is 76.2 Å². The lowest BCUT2D eigenvalue weighted by atomic mass is 10.2. The molecule has 26 heavy (non-hydrogen) atoms. The summed E-state index contributed by atoms with van der Waals surface area (Å²) in [5.74, 6) is 2.29. The molecule has 0 aliphatic heterocycles. The van der Waals surface area contributed by atoms with Crippen molar-refractivity contribution in [2.45, 2.75) is 25.8 Å². The number of ether oxygens (including phenoxy) is 2. The fraction of sp³-hybridized carbons (Fsp3) is 0.300. The van der Waals surface area contributed by atoms with Gasteiger partial charge < -0.3 is 19.8 Å².